The van der Waals surface area contributed by atoms with Gasteiger partial charge in [-0.25, -0.2) is 9.67 Å². The molecular weight excluding hydrogens is 284 g/mol. The van der Waals surface area contributed by atoms with Crippen molar-refractivity contribution in [1.29, 1.82) is 0 Å². The van der Waals surface area contributed by atoms with Gasteiger partial charge in [0.05, 0.1) is 6.04 Å². The molecule has 1 amide bonds. The molecule has 21 heavy (non-hydrogen) atoms. The lowest BCUT2D eigenvalue weighted by Crippen LogP contribution is -2.40. The van der Waals surface area contributed by atoms with Gasteiger partial charge in [-0.2, -0.15) is 5.10 Å². The Balaban J connectivity index is 1.48. The maximum atomic E-state index is 12.3. The van der Waals surface area contributed by atoms with E-state index >= 15 is 0 Å². The van der Waals surface area contributed by atoms with Crippen LogP contribution in [0.4, 0.5) is 0 Å². The summed E-state index contributed by atoms with van der Waals surface area (Å²) in [5, 5.41) is 6.29. The summed E-state index contributed by atoms with van der Waals surface area (Å²) < 4.78 is 1.88. The number of carbonyl (C=O) groups excluding carboxylic acids is 1. The van der Waals surface area contributed by atoms with E-state index in [-0.39, 0.29) is 11.9 Å². The van der Waals surface area contributed by atoms with E-state index < -0.39 is 0 Å². The molecule has 1 fully saturated rings. The molecule has 0 bridgehead atoms. The summed E-state index contributed by atoms with van der Waals surface area (Å²) in [5.41, 5.74) is 0. The zero-order chi connectivity index (χ0) is 14.5. The van der Waals surface area contributed by atoms with Crippen LogP contribution in [0.5, 0.6) is 0 Å². The molecule has 0 saturated carbocycles. The van der Waals surface area contributed by atoms with Gasteiger partial charge in [-0.3, -0.25) is 4.79 Å². The molecule has 2 aromatic heterocycles. The van der Waals surface area contributed by atoms with Crippen LogP contribution in [0.3, 0.4) is 0 Å². The van der Waals surface area contributed by atoms with Gasteiger partial charge in [0.2, 0.25) is 5.91 Å². The first-order valence-corrected chi connectivity index (χ1v) is 8.35. The van der Waals surface area contributed by atoms with Crippen LogP contribution in [0.1, 0.15) is 36.6 Å². The lowest BCUT2D eigenvalue weighted by atomic mass is 10.1. The van der Waals surface area contributed by atoms with E-state index in [2.05, 4.69) is 27.6 Å². The van der Waals surface area contributed by atoms with Crippen molar-refractivity contribution in [3.63, 3.8) is 0 Å². The van der Waals surface area contributed by atoms with Gasteiger partial charge in [-0.05, 0) is 37.1 Å². The highest BCUT2D eigenvalue weighted by Gasteiger charge is 2.24. The van der Waals surface area contributed by atoms with Gasteiger partial charge >= 0.3 is 0 Å². The van der Waals surface area contributed by atoms with Gasteiger partial charge in [0, 0.05) is 24.4 Å². The Morgan fingerprint density at radius 1 is 1.48 bits per heavy atom. The van der Waals surface area contributed by atoms with E-state index in [9.17, 15) is 4.79 Å². The summed E-state index contributed by atoms with van der Waals surface area (Å²) in [5.74, 6) is 0.274. The Morgan fingerprint density at radius 2 is 2.43 bits per heavy atom. The molecular formula is C15H20N4OS. The minimum Gasteiger partial charge on any atom is -0.341 e. The Kier molecular flexibility index (Phi) is 4.65. The molecule has 6 heteroatoms. The first kappa shape index (κ1) is 14.3. The van der Waals surface area contributed by atoms with Crippen LogP contribution in [0.2, 0.25) is 0 Å². The minimum atomic E-state index is 0.274. The predicted molar refractivity (Wildman–Crippen MR) is 82.1 cm³/mol. The van der Waals surface area contributed by atoms with Gasteiger partial charge in [0.25, 0.3) is 0 Å². The minimum absolute atomic E-state index is 0.274. The third-order valence-corrected chi connectivity index (χ3v) is 4.89. The Labute approximate surface area is 128 Å². The van der Waals surface area contributed by atoms with Gasteiger partial charge in [-0.1, -0.05) is 6.07 Å². The molecule has 0 unspecified atom stereocenters. The quantitative estimate of drug-likeness (QED) is 0.853. The summed E-state index contributed by atoms with van der Waals surface area (Å²) in [6, 6.07) is 4.48. The number of aromatic nitrogens is 3. The molecule has 2 aromatic rings. The summed E-state index contributed by atoms with van der Waals surface area (Å²) in [7, 11) is 0. The van der Waals surface area contributed by atoms with E-state index in [0.29, 0.717) is 6.42 Å². The molecule has 0 spiro atoms. The molecule has 3 heterocycles. The number of likely N-dealkylation sites (tertiary alicyclic amines) is 1. The number of carbonyl (C=O) groups is 1. The van der Waals surface area contributed by atoms with E-state index in [0.717, 1.165) is 38.8 Å². The fourth-order valence-electron chi connectivity index (χ4n) is 2.83. The third kappa shape index (κ3) is 3.69. The number of rotatable bonds is 5. The average Bonchev–Trinajstić information content (AvgIpc) is 3.21. The number of hydrogen-bond acceptors (Lipinski definition) is 4. The molecule has 1 aliphatic rings. The molecule has 0 aliphatic carbocycles. The molecule has 0 radical (unpaired) electrons. The normalized spacial score (nSPS) is 18.9. The second kappa shape index (κ2) is 6.85. The zero-order valence-corrected chi connectivity index (χ0v) is 12.8. The standard InChI is InChI=1S/C15H20N4OS/c20-15(7-1-5-14-6-3-9-21-14)18-8-2-4-13(10-18)19-12-16-11-17-19/h3,6,9,11-13H,1-2,4-5,7-8,10H2/t13-/m1/s1. The largest absolute Gasteiger partial charge is 0.341 e. The van der Waals surface area contributed by atoms with E-state index in [1.54, 1.807) is 24.0 Å². The lowest BCUT2D eigenvalue weighted by Gasteiger charge is -2.32. The van der Waals surface area contributed by atoms with E-state index in [1.807, 2.05) is 9.58 Å². The fourth-order valence-corrected chi connectivity index (χ4v) is 3.58. The van der Waals surface area contributed by atoms with Crippen molar-refractivity contribution in [3.05, 3.63) is 35.0 Å². The van der Waals surface area contributed by atoms with Crippen molar-refractivity contribution in [3.8, 4) is 0 Å². The van der Waals surface area contributed by atoms with Crippen molar-refractivity contribution in [2.75, 3.05) is 13.1 Å². The van der Waals surface area contributed by atoms with Crippen LogP contribution in [-0.4, -0.2) is 38.7 Å². The SMILES string of the molecule is O=C(CCCc1cccs1)N1CCC[C@@H](n2cncn2)C1. The van der Waals surface area contributed by atoms with Gasteiger partial charge in [0.1, 0.15) is 12.7 Å². The number of nitrogens with zero attached hydrogens (tertiary/aromatic N) is 4. The number of hydrogen-bond donors (Lipinski definition) is 0. The zero-order valence-electron chi connectivity index (χ0n) is 12.0. The Morgan fingerprint density at radius 3 is 3.19 bits per heavy atom. The molecule has 3 rings (SSSR count). The van der Waals surface area contributed by atoms with Gasteiger partial charge < -0.3 is 4.90 Å². The average molecular weight is 304 g/mol. The monoisotopic (exact) mass is 304 g/mol. The first-order valence-electron chi connectivity index (χ1n) is 7.47. The highest BCUT2D eigenvalue weighted by Crippen LogP contribution is 2.21. The summed E-state index contributed by atoms with van der Waals surface area (Å²) in [4.78, 5) is 19.7. The number of aryl methyl sites for hydroxylation is 1. The topological polar surface area (TPSA) is 51.0 Å². The number of thiophene rings is 1. The van der Waals surface area contributed by atoms with Crippen molar-refractivity contribution < 1.29 is 4.79 Å². The van der Waals surface area contributed by atoms with Gasteiger partial charge in [-0.15, -0.1) is 11.3 Å². The molecule has 0 N–H and O–H groups in total. The maximum absolute atomic E-state index is 12.3. The Bertz CT molecular complexity index is 552. The molecule has 112 valence electrons. The Hall–Kier alpha value is -1.69. The van der Waals surface area contributed by atoms with Crippen LogP contribution < -0.4 is 0 Å². The van der Waals surface area contributed by atoms with E-state index in [4.69, 9.17) is 0 Å². The molecule has 1 aliphatic heterocycles. The molecule has 1 saturated heterocycles. The maximum Gasteiger partial charge on any atom is 0.222 e. The van der Waals surface area contributed by atoms with Crippen LogP contribution in [0, 0.1) is 0 Å². The fraction of sp³-hybridized carbons (Fsp3) is 0.533. The molecule has 0 aromatic carbocycles. The van der Waals surface area contributed by atoms with Crippen LogP contribution >= 0.6 is 11.3 Å². The van der Waals surface area contributed by atoms with E-state index in [1.165, 1.54) is 4.88 Å². The highest BCUT2D eigenvalue weighted by atomic mass is 32.1. The summed E-state index contributed by atoms with van der Waals surface area (Å²) >= 11 is 1.77. The van der Waals surface area contributed by atoms with Crippen LogP contribution in [0.15, 0.2) is 30.2 Å². The second-order valence-corrected chi connectivity index (χ2v) is 6.48. The molecule has 1 atom stereocenters. The predicted octanol–water partition coefficient (Wildman–Crippen LogP) is 2.53. The smallest absolute Gasteiger partial charge is 0.222 e. The van der Waals surface area contributed by atoms with Gasteiger partial charge in [0.15, 0.2) is 0 Å². The summed E-state index contributed by atoms with van der Waals surface area (Å²) in [6.07, 6.45) is 8.00. The summed E-state index contributed by atoms with van der Waals surface area (Å²) in [6.45, 7) is 1.64. The van der Waals surface area contributed by atoms with Crippen molar-refractivity contribution in [2.24, 2.45) is 0 Å². The number of piperidine rings is 1. The third-order valence-electron chi connectivity index (χ3n) is 3.95. The van der Waals surface area contributed by atoms with Crippen molar-refractivity contribution in [1.82, 2.24) is 19.7 Å². The van der Waals surface area contributed by atoms with Crippen LogP contribution in [-0.2, 0) is 11.2 Å². The van der Waals surface area contributed by atoms with Crippen molar-refractivity contribution in [2.45, 2.75) is 38.1 Å². The molecule has 5 nitrogen and oxygen atoms in total. The first-order chi connectivity index (χ1) is 10.3. The highest BCUT2D eigenvalue weighted by molar-refractivity contribution is 7.09. The van der Waals surface area contributed by atoms with Crippen LogP contribution in [0.25, 0.3) is 0 Å². The second-order valence-electron chi connectivity index (χ2n) is 5.44. The lowest BCUT2D eigenvalue weighted by molar-refractivity contribution is -0.133. The number of amides is 1. The van der Waals surface area contributed by atoms with Crippen molar-refractivity contribution >= 4 is 17.2 Å².